The fourth-order valence-electron chi connectivity index (χ4n) is 1.51. The Balaban J connectivity index is 1.78. The van der Waals surface area contributed by atoms with E-state index in [9.17, 15) is 4.79 Å². The number of hydrogen-bond donors (Lipinski definition) is 1. The molecule has 2 aromatic rings. The molecule has 5 nitrogen and oxygen atoms in total. The van der Waals surface area contributed by atoms with Gasteiger partial charge in [0, 0.05) is 5.02 Å². The minimum atomic E-state index is -0.356. The highest BCUT2D eigenvalue weighted by Crippen LogP contribution is 2.16. The molecule has 1 amide bonds. The molecule has 0 atom stereocenters. The monoisotopic (exact) mass is 318 g/mol. The van der Waals surface area contributed by atoms with Crippen molar-refractivity contribution in [2.75, 3.05) is 6.61 Å². The summed E-state index contributed by atoms with van der Waals surface area (Å²) in [7, 11) is 0. The van der Waals surface area contributed by atoms with Crippen molar-refractivity contribution in [2.24, 2.45) is 5.10 Å². The largest absolute Gasteiger partial charge is 0.484 e. The number of carbonyl (C=O) groups is 1. The first-order valence-electron chi connectivity index (χ1n) is 6.56. The highest BCUT2D eigenvalue weighted by atomic mass is 35.5. The van der Waals surface area contributed by atoms with Gasteiger partial charge in [0.1, 0.15) is 11.5 Å². The van der Waals surface area contributed by atoms with E-state index in [1.54, 1.807) is 55.7 Å². The molecule has 0 spiro atoms. The third kappa shape index (κ3) is 5.46. The molecule has 0 radical (unpaired) electrons. The summed E-state index contributed by atoms with van der Waals surface area (Å²) in [6.45, 7) is 1.62. The quantitative estimate of drug-likeness (QED) is 0.654. The van der Waals surface area contributed by atoms with Crippen molar-refractivity contribution in [1.29, 1.82) is 0 Å². The van der Waals surface area contributed by atoms with E-state index in [2.05, 4.69) is 10.5 Å². The van der Waals surface area contributed by atoms with Gasteiger partial charge in [0.2, 0.25) is 0 Å². The van der Waals surface area contributed by atoms with Crippen LogP contribution >= 0.6 is 11.6 Å². The lowest BCUT2D eigenvalue weighted by atomic mass is 10.3. The van der Waals surface area contributed by atoms with E-state index in [4.69, 9.17) is 20.8 Å². The lowest BCUT2D eigenvalue weighted by Crippen LogP contribution is -2.25. The minimum absolute atomic E-state index is 0.140. The van der Waals surface area contributed by atoms with Crippen molar-refractivity contribution >= 4 is 29.3 Å². The summed E-state index contributed by atoms with van der Waals surface area (Å²) in [4.78, 5) is 11.6. The number of ether oxygens (including phenoxy) is 1. The number of furan rings is 1. The number of nitrogens with one attached hydrogen (secondary N) is 1. The van der Waals surface area contributed by atoms with E-state index in [0.29, 0.717) is 22.2 Å². The molecule has 22 heavy (non-hydrogen) atoms. The van der Waals surface area contributed by atoms with Gasteiger partial charge < -0.3 is 9.15 Å². The van der Waals surface area contributed by atoms with E-state index in [-0.39, 0.29) is 12.5 Å². The van der Waals surface area contributed by atoms with E-state index >= 15 is 0 Å². The van der Waals surface area contributed by atoms with Crippen LogP contribution in [-0.4, -0.2) is 18.2 Å². The van der Waals surface area contributed by atoms with E-state index in [1.807, 2.05) is 6.07 Å². The third-order valence-electron chi connectivity index (χ3n) is 2.55. The number of benzene rings is 1. The van der Waals surface area contributed by atoms with Crippen LogP contribution in [0.1, 0.15) is 12.7 Å². The average Bonchev–Trinajstić information content (AvgIpc) is 3.02. The summed E-state index contributed by atoms with van der Waals surface area (Å²) in [5.74, 6) is 0.886. The van der Waals surface area contributed by atoms with Crippen molar-refractivity contribution in [3.8, 4) is 5.75 Å². The molecule has 0 unspecified atom stereocenters. The normalized spacial score (nSPS) is 11.6. The number of hydrogen-bond acceptors (Lipinski definition) is 4. The number of rotatable bonds is 6. The zero-order valence-corrected chi connectivity index (χ0v) is 12.7. The fraction of sp³-hybridized carbons (Fsp3) is 0.125. The average molecular weight is 319 g/mol. The van der Waals surface area contributed by atoms with Gasteiger partial charge in [-0.25, -0.2) is 5.43 Å². The number of amides is 1. The summed E-state index contributed by atoms with van der Waals surface area (Å²) in [5.41, 5.74) is 3.04. The van der Waals surface area contributed by atoms with Crippen LogP contribution in [0.2, 0.25) is 5.02 Å². The third-order valence-corrected chi connectivity index (χ3v) is 2.79. The summed E-state index contributed by atoms with van der Waals surface area (Å²) >= 11 is 5.82. The topological polar surface area (TPSA) is 63.8 Å². The molecule has 0 aliphatic rings. The Morgan fingerprint density at radius 3 is 3.00 bits per heavy atom. The second kappa shape index (κ2) is 8.05. The van der Waals surface area contributed by atoms with Gasteiger partial charge in [-0.2, -0.15) is 5.10 Å². The van der Waals surface area contributed by atoms with Crippen LogP contribution in [-0.2, 0) is 4.79 Å². The molecule has 1 heterocycles. The summed E-state index contributed by atoms with van der Waals surface area (Å²) in [6.07, 6.45) is 5.07. The van der Waals surface area contributed by atoms with Crippen LogP contribution in [0.4, 0.5) is 0 Å². The summed E-state index contributed by atoms with van der Waals surface area (Å²) in [6, 6.07) is 10.4. The lowest BCUT2D eigenvalue weighted by molar-refractivity contribution is -0.123. The predicted octanol–water partition coefficient (Wildman–Crippen LogP) is 3.52. The summed E-state index contributed by atoms with van der Waals surface area (Å²) in [5, 5.41) is 4.49. The van der Waals surface area contributed by atoms with Gasteiger partial charge in [-0.15, -0.1) is 0 Å². The van der Waals surface area contributed by atoms with Gasteiger partial charge >= 0.3 is 0 Å². The molecule has 0 saturated heterocycles. The first-order chi connectivity index (χ1) is 10.6. The maximum absolute atomic E-state index is 11.6. The van der Waals surface area contributed by atoms with Crippen LogP contribution < -0.4 is 10.2 Å². The van der Waals surface area contributed by atoms with Gasteiger partial charge in [0.15, 0.2) is 6.61 Å². The van der Waals surface area contributed by atoms with Gasteiger partial charge in [0.25, 0.3) is 5.91 Å². The Morgan fingerprint density at radius 1 is 1.41 bits per heavy atom. The van der Waals surface area contributed by atoms with Crippen LogP contribution in [0, 0.1) is 0 Å². The highest BCUT2D eigenvalue weighted by molar-refractivity contribution is 6.30. The van der Waals surface area contributed by atoms with Gasteiger partial charge in [-0.05, 0) is 49.4 Å². The number of allylic oxidation sites excluding steroid dienone is 1. The van der Waals surface area contributed by atoms with Gasteiger partial charge in [0.05, 0.1) is 12.0 Å². The van der Waals surface area contributed by atoms with Crippen molar-refractivity contribution < 1.29 is 13.9 Å². The molecule has 0 saturated carbocycles. The predicted molar refractivity (Wildman–Crippen MR) is 85.9 cm³/mol. The number of nitrogens with zero attached hydrogens (tertiary/aromatic N) is 1. The zero-order valence-electron chi connectivity index (χ0n) is 12.0. The van der Waals surface area contributed by atoms with Crippen molar-refractivity contribution in [2.45, 2.75) is 6.92 Å². The Morgan fingerprint density at radius 2 is 2.27 bits per heavy atom. The maximum Gasteiger partial charge on any atom is 0.277 e. The standard InChI is InChI=1S/C16H15ClN2O3/c1-12(7-8-14-6-3-9-21-14)18-19-16(20)11-22-15-5-2-4-13(17)10-15/h2-10H,11H2,1H3,(H,19,20)/b8-7+,18-12-. The molecule has 0 fully saturated rings. The molecular weight excluding hydrogens is 304 g/mol. The van der Waals surface area contributed by atoms with Crippen molar-refractivity contribution in [1.82, 2.24) is 5.43 Å². The Bertz CT molecular complexity index is 678. The van der Waals surface area contributed by atoms with E-state index < -0.39 is 0 Å². The number of carbonyl (C=O) groups excluding carboxylic acids is 1. The molecule has 0 bridgehead atoms. The zero-order chi connectivity index (χ0) is 15.8. The molecule has 0 aliphatic carbocycles. The molecule has 114 valence electrons. The van der Waals surface area contributed by atoms with Crippen LogP contribution in [0.3, 0.4) is 0 Å². The van der Waals surface area contributed by atoms with Crippen LogP contribution in [0.25, 0.3) is 6.08 Å². The Labute approximate surface area is 133 Å². The lowest BCUT2D eigenvalue weighted by Gasteiger charge is -2.05. The summed E-state index contributed by atoms with van der Waals surface area (Å²) < 4.78 is 10.4. The SMILES string of the molecule is CC(/C=C/c1ccco1)=N/NC(=O)COc1cccc(Cl)c1. The molecule has 6 heteroatoms. The van der Waals surface area contributed by atoms with Crippen molar-refractivity contribution in [3.05, 3.63) is 59.5 Å². The molecule has 1 aromatic carbocycles. The Hall–Kier alpha value is -2.53. The smallest absolute Gasteiger partial charge is 0.277 e. The highest BCUT2D eigenvalue weighted by Gasteiger charge is 2.02. The number of halogens is 1. The number of hydrazone groups is 1. The van der Waals surface area contributed by atoms with E-state index in [0.717, 1.165) is 0 Å². The molecule has 1 aromatic heterocycles. The Kier molecular flexibility index (Phi) is 5.80. The van der Waals surface area contributed by atoms with Gasteiger partial charge in [-0.3, -0.25) is 4.79 Å². The first kappa shape index (κ1) is 15.9. The first-order valence-corrected chi connectivity index (χ1v) is 6.94. The van der Waals surface area contributed by atoms with Crippen LogP contribution in [0.15, 0.2) is 58.3 Å². The minimum Gasteiger partial charge on any atom is -0.484 e. The van der Waals surface area contributed by atoms with Crippen molar-refractivity contribution in [3.63, 3.8) is 0 Å². The molecule has 2 rings (SSSR count). The molecular formula is C16H15ClN2O3. The van der Waals surface area contributed by atoms with E-state index in [1.165, 1.54) is 0 Å². The second-order valence-electron chi connectivity index (χ2n) is 4.38. The molecule has 0 aliphatic heterocycles. The fourth-order valence-corrected chi connectivity index (χ4v) is 1.69. The molecule has 1 N–H and O–H groups in total. The van der Waals surface area contributed by atoms with Gasteiger partial charge in [-0.1, -0.05) is 17.7 Å². The maximum atomic E-state index is 11.6. The second-order valence-corrected chi connectivity index (χ2v) is 4.82. The van der Waals surface area contributed by atoms with Crippen LogP contribution in [0.5, 0.6) is 5.75 Å².